The van der Waals surface area contributed by atoms with Gasteiger partial charge in [0.1, 0.15) is 5.82 Å². The molecule has 8 heteroatoms. The Morgan fingerprint density at radius 1 is 1.27 bits per heavy atom. The Hall–Kier alpha value is -2.87. The van der Waals surface area contributed by atoms with Crippen LogP contribution in [-0.2, 0) is 16.1 Å². The second-order valence-electron chi connectivity index (χ2n) is 6.35. The van der Waals surface area contributed by atoms with Crippen molar-refractivity contribution in [3.05, 3.63) is 56.7 Å². The highest BCUT2D eigenvalue weighted by molar-refractivity contribution is 5.96. The molecule has 0 radical (unpaired) electrons. The Morgan fingerprint density at radius 3 is 2.58 bits per heavy atom. The number of H-pyrrole nitrogens is 1. The number of nitrogens with two attached hydrogens (primary N) is 1. The summed E-state index contributed by atoms with van der Waals surface area (Å²) in [6.07, 6.45) is 1.20. The van der Waals surface area contributed by atoms with Gasteiger partial charge in [0, 0.05) is 26.2 Å². The molecule has 1 aromatic carbocycles. The van der Waals surface area contributed by atoms with E-state index >= 15 is 0 Å². The molecule has 2 aromatic rings. The molecule has 1 aliphatic rings. The predicted octanol–water partition coefficient (Wildman–Crippen LogP) is 0.556. The van der Waals surface area contributed by atoms with Crippen LogP contribution < -0.4 is 21.9 Å². The number of aromatic nitrogens is 2. The second kappa shape index (κ2) is 7.57. The SMILES string of the molecule is CN(C(=O)C1CCOCC1)c1c(N)n(Cc2ccccc2)c(=O)[nH]c1=O. The fourth-order valence-electron chi connectivity index (χ4n) is 3.15. The van der Waals surface area contributed by atoms with Crippen molar-refractivity contribution >= 4 is 17.4 Å². The first-order chi connectivity index (χ1) is 12.5. The number of aromatic amines is 1. The van der Waals surface area contributed by atoms with Gasteiger partial charge in [-0.1, -0.05) is 30.3 Å². The molecule has 0 spiro atoms. The maximum atomic E-state index is 12.7. The van der Waals surface area contributed by atoms with Crippen LogP contribution in [0.5, 0.6) is 0 Å². The van der Waals surface area contributed by atoms with E-state index in [1.807, 2.05) is 30.3 Å². The molecule has 138 valence electrons. The molecule has 26 heavy (non-hydrogen) atoms. The first-order valence-corrected chi connectivity index (χ1v) is 8.51. The van der Waals surface area contributed by atoms with Crippen LogP contribution in [0.3, 0.4) is 0 Å². The van der Waals surface area contributed by atoms with E-state index in [1.54, 1.807) is 0 Å². The quantitative estimate of drug-likeness (QED) is 0.830. The lowest BCUT2D eigenvalue weighted by Crippen LogP contribution is -2.42. The zero-order valence-electron chi connectivity index (χ0n) is 14.6. The molecule has 1 fully saturated rings. The highest BCUT2D eigenvalue weighted by atomic mass is 16.5. The van der Waals surface area contributed by atoms with Crippen LogP contribution in [0.15, 0.2) is 39.9 Å². The van der Waals surface area contributed by atoms with Crippen molar-refractivity contribution in [3.63, 3.8) is 0 Å². The number of rotatable bonds is 4. The van der Waals surface area contributed by atoms with Crippen LogP contribution in [-0.4, -0.2) is 35.7 Å². The zero-order chi connectivity index (χ0) is 18.7. The number of nitrogens with one attached hydrogen (secondary N) is 1. The molecule has 0 bridgehead atoms. The number of nitrogen functional groups attached to an aromatic ring is 1. The van der Waals surface area contributed by atoms with Crippen LogP contribution in [0.2, 0.25) is 0 Å². The fraction of sp³-hybridized carbons (Fsp3) is 0.389. The van der Waals surface area contributed by atoms with Crippen molar-refractivity contribution in [2.45, 2.75) is 19.4 Å². The fourth-order valence-corrected chi connectivity index (χ4v) is 3.15. The lowest BCUT2D eigenvalue weighted by molar-refractivity contribution is -0.124. The Kier molecular flexibility index (Phi) is 5.22. The summed E-state index contributed by atoms with van der Waals surface area (Å²) in [7, 11) is 1.51. The molecular formula is C18H22N4O4. The summed E-state index contributed by atoms with van der Waals surface area (Å²) in [5.41, 5.74) is 5.71. The molecule has 1 amide bonds. The van der Waals surface area contributed by atoms with E-state index in [0.29, 0.717) is 26.1 Å². The van der Waals surface area contributed by atoms with Crippen LogP contribution in [0.25, 0.3) is 0 Å². The van der Waals surface area contributed by atoms with Crippen molar-refractivity contribution in [2.24, 2.45) is 5.92 Å². The van der Waals surface area contributed by atoms with Crippen LogP contribution in [0.1, 0.15) is 18.4 Å². The van der Waals surface area contributed by atoms with E-state index in [4.69, 9.17) is 10.5 Å². The number of hydrogen-bond acceptors (Lipinski definition) is 5. The van der Waals surface area contributed by atoms with Gasteiger partial charge in [-0.15, -0.1) is 0 Å². The minimum atomic E-state index is -0.667. The topological polar surface area (TPSA) is 110 Å². The number of nitrogens with zero attached hydrogens (tertiary/aromatic N) is 2. The average Bonchev–Trinajstić information content (AvgIpc) is 2.66. The molecular weight excluding hydrogens is 336 g/mol. The molecule has 0 aliphatic carbocycles. The molecule has 1 aromatic heterocycles. The number of amides is 1. The van der Waals surface area contributed by atoms with Crippen LogP contribution in [0.4, 0.5) is 11.5 Å². The summed E-state index contributed by atoms with van der Waals surface area (Å²) < 4.78 is 6.54. The number of carbonyl (C=O) groups excluding carboxylic acids is 1. The van der Waals surface area contributed by atoms with Gasteiger partial charge in [-0.05, 0) is 18.4 Å². The van der Waals surface area contributed by atoms with E-state index in [9.17, 15) is 14.4 Å². The molecule has 0 atom stereocenters. The molecule has 0 unspecified atom stereocenters. The number of benzene rings is 1. The van der Waals surface area contributed by atoms with Gasteiger partial charge >= 0.3 is 5.69 Å². The van der Waals surface area contributed by atoms with Gasteiger partial charge < -0.3 is 15.4 Å². The Labute approximate surface area is 150 Å². The van der Waals surface area contributed by atoms with E-state index in [1.165, 1.54) is 16.5 Å². The summed E-state index contributed by atoms with van der Waals surface area (Å²) in [6.45, 7) is 1.24. The molecule has 3 rings (SSSR count). The molecule has 3 N–H and O–H groups in total. The molecule has 0 saturated carbocycles. The van der Waals surface area contributed by atoms with Crippen molar-refractivity contribution in [1.82, 2.24) is 9.55 Å². The van der Waals surface area contributed by atoms with Crippen molar-refractivity contribution < 1.29 is 9.53 Å². The van der Waals surface area contributed by atoms with Gasteiger partial charge in [-0.2, -0.15) is 0 Å². The van der Waals surface area contributed by atoms with Crippen molar-refractivity contribution in [2.75, 3.05) is 30.9 Å². The Balaban J connectivity index is 1.96. The first kappa shape index (κ1) is 17.9. The lowest BCUT2D eigenvalue weighted by Gasteiger charge is -2.27. The van der Waals surface area contributed by atoms with E-state index in [2.05, 4.69) is 4.98 Å². The zero-order valence-corrected chi connectivity index (χ0v) is 14.6. The molecule has 2 heterocycles. The number of hydrogen-bond donors (Lipinski definition) is 2. The summed E-state index contributed by atoms with van der Waals surface area (Å²) >= 11 is 0. The molecule has 1 saturated heterocycles. The second-order valence-corrected chi connectivity index (χ2v) is 6.35. The minimum absolute atomic E-state index is 0.00276. The van der Waals surface area contributed by atoms with Gasteiger partial charge in [0.25, 0.3) is 5.56 Å². The number of anilines is 2. The van der Waals surface area contributed by atoms with Crippen molar-refractivity contribution in [1.29, 1.82) is 0 Å². The monoisotopic (exact) mass is 358 g/mol. The number of carbonyl (C=O) groups is 1. The predicted molar refractivity (Wildman–Crippen MR) is 98.2 cm³/mol. The molecule has 1 aliphatic heterocycles. The largest absolute Gasteiger partial charge is 0.383 e. The van der Waals surface area contributed by atoms with Crippen LogP contribution in [0, 0.1) is 5.92 Å². The van der Waals surface area contributed by atoms with Crippen molar-refractivity contribution in [3.8, 4) is 0 Å². The lowest BCUT2D eigenvalue weighted by atomic mass is 9.98. The average molecular weight is 358 g/mol. The summed E-state index contributed by atoms with van der Waals surface area (Å²) in [5, 5.41) is 0. The Bertz CT molecular complexity index is 898. The highest BCUT2D eigenvalue weighted by Gasteiger charge is 2.28. The van der Waals surface area contributed by atoms with Gasteiger partial charge in [-0.3, -0.25) is 19.1 Å². The standard InChI is InChI=1S/C18H22N4O4/c1-21(17(24)13-7-9-26-10-8-13)14-15(19)22(18(25)20-16(14)23)11-12-5-3-2-4-6-12/h2-6,13H,7-11,19H2,1H3,(H,20,23,25). The van der Waals surface area contributed by atoms with Gasteiger partial charge in [0.2, 0.25) is 5.91 Å². The summed E-state index contributed by atoms with van der Waals surface area (Å²) in [5.74, 6) is -0.442. The van der Waals surface area contributed by atoms with Crippen LogP contribution >= 0.6 is 0 Å². The van der Waals surface area contributed by atoms with Gasteiger partial charge in [0.15, 0.2) is 5.69 Å². The minimum Gasteiger partial charge on any atom is -0.383 e. The van der Waals surface area contributed by atoms with E-state index in [0.717, 1.165) is 5.56 Å². The third-order valence-corrected chi connectivity index (χ3v) is 4.63. The van der Waals surface area contributed by atoms with Gasteiger partial charge in [-0.25, -0.2) is 4.79 Å². The van der Waals surface area contributed by atoms with Gasteiger partial charge in [0.05, 0.1) is 6.54 Å². The highest BCUT2D eigenvalue weighted by Crippen LogP contribution is 2.22. The first-order valence-electron chi connectivity index (χ1n) is 8.51. The third-order valence-electron chi connectivity index (χ3n) is 4.63. The number of ether oxygens (including phenoxy) is 1. The van der Waals surface area contributed by atoms with E-state index < -0.39 is 11.2 Å². The normalized spacial score (nSPS) is 15.0. The summed E-state index contributed by atoms with van der Waals surface area (Å²) in [6, 6.07) is 9.28. The third kappa shape index (κ3) is 3.55. The maximum Gasteiger partial charge on any atom is 0.330 e. The summed E-state index contributed by atoms with van der Waals surface area (Å²) in [4.78, 5) is 40.8. The molecule has 8 nitrogen and oxygen atoms in total. The van der Waals surface area contributed by atoms with E-state index in [-0.39, 0.29) is 29.9 Å². The smallest absolute Gasteiger partial charge is 0.330 e. The Morgan fingerprint density at radius 2 is 1.92 bits per heavy atom. The maximum absolute atomic E-state index is 12.7.